The van der Waals surface area contributed by atoms with Crippen molar-refractivity contribution in [1.82, 2.24) is 9.78 Å². The number of alkyl halides is 3. The van der Waals surface area contributed by atoms with Crippen molar-refractivity contribution >= 4 is 15.7 Å². The SMILES string of the molecule is CC(C)(C)c1nn(Cc2ccccc2)cc1S(=O)(=O)Nc1cccc(C(F)(F)F)c1. The molecule has 9 heteroatoms. The van der Waals surface area contributed by atoms with Crippen molar-refractivity contribution < 1.29 is 21.6 Å². The maximum atomic E-state index is 13.1. The fourth-order valence-electron chi connectivity index (χ4n) is 2.94. The molecule has 0 radical (unpaired) electrons. The minimum Gasteiger partial charge on any atom is -0.280 e. The van der Waals surface area contributed by atoms with Crippen LogP contribution < -0.4 is 4.72 Å². The Morgan fingerprint density at radius 2 is 1.67 bits per heavy atom. The van der Waals surface area contributed by atoms with E-state index >= 15 is 0 Å². The van der Waals surface area contributed by atoms with Gasteiger partial charge in [-0.2, -0.15) is 18.3 Å². The smallest absolute Gasteiger partial charge is 0.280 e. The third-order valence-electron chi connectivity index (χ3n) is 4.36. The molecular weight excluding hydrogens is 415 g/mol. The van der Waals surface area contributed by atoms with Crippen LogP contribution >= 0.6 is 0 Å². The molecular formula is C21H22F3N3O2S. The van der Waals surface area contributed by atoms with Crippen LogP contribution in [0.3, 0.4) is 0 Å². The highest BCUT2D eigenvalue weighted by Gasteiger charge is 2.32. The number of hydrogen-bond acceptors (Lipinski definition) is 3. The topological polar surface area (TPSA) is 64.0 Å². The number of aromatic nitrogens is 2. The molecule has 0 atom stereocenters. The summed E-state index contributed by atoms with van der Waals surface area (Å²) in [6, 6.07) is 13.5. The lowest BCUT2D eigenvalue weighted by Crippen LogP contribution is -2.20. The van der Waals surface area contributed by atoms with Crippen molar-refractivity contribution in [3.05, 3.63) is 77.6 Å². The van der Waals surface area contributed by atoms with E-state index in [0.29, 0.717) is 12.2 Å². The summed E-state index contributed by atoms with van der Waals surface area (Å²) in [6.07, 6.45) is -3.16. The molecule has 0 aliphatic carbocycles. The quantitative estimate of drug-likeness (QED) is 0.608. The van der Waals surface area contributed by atoms with Gasteiger partial charge in [-0.05, 0) is 23.8 Å². The van der Waals surface area contributed by atoms with E-state index in [1.807, 2.05) is 51.1 Å². The third kappa shape index (κ3) is 5.02. The number of anilines is 1. The van der Waals surface area contributed by atoms with E-state index in [0.717, 1.165) is 23.8 Å². The van der Waals surface area contributed by atoms with E-state index in [4.69, 9.17) is 0 Å². The fraction of sp³-hybridized carbons (Fsp3) is 0.286. The van der Waals surface area contributed by atoms with Crippen LogP contribution in [0.4, 0.5) is 18.9 Å². The lowest BCUT2D eigenvalue weighted by atomic mass is 9.92. The highest BCUT2D eigenvalue weighted by Crippen LogP contribution is 2.32. The van der Waals surface area contributed by atoms with Crippen LogP contribution in [0, 0.1) is 0 Å². The predicted octanol–water partition coefficient (Wildman–Crippen LogP) is 5.05. The summed E-state index contributed by atoms with van der Waals surface area (Å²) in [4.78, 5) is -0.0663. The summed E-state index contributed by atoms with van der Waals surface area (Å²) in [7, 11) is -4.16. The molecule has 1 N–H and O–H groups in total. The first-order chi connectivity index (χ1) is 13.9. The van der Waals surface area contributed by atoms with Crippen LogP contribution in [-0.2, 0) is 28.2 Å². The summed E-state index contributed by atoms with van der Waals surface area (Å²) >= 11 is 0. The minimum absolute atomic E-state index is 0.0663. The van der Waals surface area contributed by atoms with Crippen LogP contribution in [0.15, 0.2) is 65.7 Å². The first-order valence-corrected chi connectivity index (χ1v) is 10.7. The molecule has 160 valence electrons. The molecule has 0 fully saturated rings. The van der Waals surface area contributed by atoms with Crippen molar-refractivity contribution in [2.75, 3.05) is 4.72 Å². The Morgan fingerprint density at radius 1 is 1.00 bits per heavy atom. The van der Waals surface area contributed by atoms with Crippen molar-refractivity contribution in [3.63, 3.8) is 0 Å². The van der Waals surface area contributed by atoms with E-state index in [1.54, 1.807) is 0 Å². The van der Waals surface area contributed by atoms with Crippen molar-refractivity contribution in [3.8, 4) is 0 Å². The first kappa shape index (κ1) is 21.9. The summed E-state index contributed by atoms with van der Waals surface area (Å²) in [5, 5.41) is 4.46. The average Bonchev–Trinajstić information content (AvgIpc) is 3.07. The third-order valence-corrected chi connectivity index (χ3v) is 5.74. The molecule has 3 aromatic rings. The zero-order valence-electron chi connectivity index (χ0n) is 16.7. The fourth-order valence-corrected chi connectivity index (χ4v) is 4.35. The molecule has 1 aromatic heterocycles. The average molecular weight is 437 g/mol. The van der Waals surface area contributed by atoms with E-state index < -0.39 is 27.2 Å². The molecule has 5 nitrogen and oxygen atoms in total. The molecule has 0 saturated heterocycles. The highest BCUT2D eigenvalue weighted by molar-refractivity contribution is 7.92. The van der Waals surface area contributed by atoms with Crippen LogP contribution in [0.25, 0.3) is 0 Å². The molecule has 3 rings (SSSR count). The highest BCUT2D eigenvalue weighted by atomic mass is 32.2. The monoisotopic (exact) mass is 437 g/mol. The summed E-state index contributed by atoms with van der Waals surface area (Å²) in [5.74, 6) is 0. The molecule has 0 bridgehead atoms. The van der Waals surface area contributed by atoms with Crippen LogP contribution in [0.1, 0.15) is 37.6 Å². The second kappa shape index (κ2) is 7.79. The van der Waals surface area contributed by atoms with Crippen molar-refractivity contribution in [2.24, 2.45) is 0 Å². The number of halogens is 3. The van der Waals surface area contributed by atoms with Gasteiger partial charge in [0, 0.05) is 17.3 Å². The van der Waals surface area contributed by atoms with Crippen LogP contribution in [0.5, 0.6) is 0 Å². The Bertz CT molecular complexity index is 1130. The van der Waals surface area contributed by atoms with Crippen molar-refractivity contribution in [2.45, 2.75) is 43.8 Å². The van der Waals surface area contributed by atoms with Crippen molar-refractivity contribution in [1.29, 1.82) is 0 Å². The zero-order chi connectivity index (χ0) is 22.2. The number of benzene rings is 2. The largest absolute Gasteiger partial charge is 0.416 e. The van der Waals surface area contributed by atoms with Gasteiger partial charge in [0.1, 0.15) is 4.90 Å². The van der Waals surface area contributed by atoms with Gasteiger partial charge in [-0.3, -0.25) is 9.40 Å². The van der Waals surface area contributed by atoms with Gasteiger partial charge < -0.3 is 0 Å². The molecule has 1 heterocycles. The summed E-state index contributed by atoms with van der Waals surface area (Å²) < 4.78 is 68.8. The van der Waals surface area contributed by atoms with Crippen LogP contribution in [0.2, 0.25) is 0 Å². The Labute approximate surface area is 173 Å². The Balaban J connectivity index is 1.98. The Morgan fingerprint density at radius 3 is 2.27 bits per heavy atom. The second-order valence-electron chi connectivity index (χ2n) is 7.96. The maximum Gasteiger partial charge on any atom is 0.416 e. The summed E-state index contributed by atoms with van der Waals surface area (Å²) in [6.45, 7) is 5.84. The second-order valence-corrected chi connectivity index (χ2v) is 9.61. The molecule has 0 spiro atoms. The van der Waals surface area contributed by atoms with Gasteiger partial charge in [0.25, 0.3) is 10.0 Å². The standard InChI is InChI=1S/C21H22F3N3O2S/c1-20(2,3)19-18(14-27(25-19)13-15-8-5-4-6-9-15)30(28,29)26-17-11-7-10-16(12-17)21(22,23)24/h4-12,14,26H,13H2,1-3H3. The van der Waals surface area contributed by atoms with E-state index in [1.165, 1.54) is 16.9 Å². The molecule has 0 saturated carbocycles. The Kier molecular flexibility index (Phi) is 5.68. The van der Waals surface area contributed by atoms with E-state index in [9.17, 15) is 21.6 Å². The van der Waals surface area contributed by atoms with Gasteiger partial charge in [-0.25, -0.2) is 8.42 Å². The molecule has 0 aliphatic rings. The first-order valence-electron chi connectivity index (χ1n) is 9.18. The predicted molar refractivity (Wildman–Crippen MR) is 109 cm³/mol. The van der Waals surface area contributed by atoms with Gasteiger partial charge in [-0.15, -0.1) is 0 Å². The molecule has 2 aromatic carbocycles. The minimum atomic E-state index is -4.57. The number of nitrogens with one attached hydrogen (secondary N) is 1. The van der Waals surface area contributed by atoms with Gasteiger partial charge in [0.05, 0.1) is 17.8 Å². The van der Waals surface area contributed by atoms with Gasteiger partial charge >= 0.3 is 6.18 Å². The zero-order valence-corrected chi connectivity index (χ0v) is 17.6. The number of nitrogens with zero attached hydrogens (tertiary/aromatic N) is 2. The van der Waals surface area contributed by atoms with Crippen LogP contribution in [-0.4, -0.2) is 18.2 Å². The van der Waals surface area contributed by atoms with Gasteiger partial charge in [0.2, 0.25) is 0 Å². The van der Waals surface area contributed by atoms with Gasteiger partial charge in [-0.1, -0.05) is 57.2 Å². The molecule has 0 amide bonds. The van der Waals surface area contributed by atoms with E-state index in [-0.39, 0.29) is 10.6 Å². The van der Waals surface area contributed by atoms with Gasteiger partial charge in [0.15, 0.2) is 0 Å². The summed E-state index contributed by atoms with van der Waals surface area (Å²) in [5.41, 5.74) is -0.424. The normalized spacial score (nSPS) is 12.7. The Hall–Kier alpha value is -2.81. The molecule has 0 aliphatic heterocycles. The molecule has 30 heavy (non-hydrogen) atoms. The molecule has 0 unspecified atom stereocenters. The number of hydrogen-bond donors (Lipinski definition) is 1. The lowest BCUT2D eigenvalue weighted by Gasteiger charge is -2.18. The van der Waals surface area contributed by atoms with E-state index in [2.05, 4.69) is 9.82 Å². The number of sulfonamides is 1. The number of rotatable bonds is 5. The lowest BCUT2D eigenvalue weighted by molar-refractivity contribution is -0.137. The maximum absolute atomic E-state index is 13.1.